The highest BCUT2D eigenvalue weighted by atomic mass is 79.9. The normalized spacial score (nSPS) is 17.0. The molecule has 4 amide bonds. The van der Waals surface area contributed by atoms with Gasteiger partial charge in [-0.05, 0) is 69.7 Å². The number of halogens is 2. The van der Waals surface area contributed by atoms with Gasteiger partial charge in [0.25, 0.3) is 17.1 Å². The maximum absolute atomic E-state index is 12.8. The maximum atomic E-state index is 12.8. The van der Waals surface area contributed by atoms with E-state index < -0.39 is 23.6 Å². The van der Waals surface area contributed by atoms with Gasteiger partial charge in [0, 0.05) is 23.8 Å². The van der Waals surface area contributed by atoms with Crippen LogP contribution in [0.1, 0.15) is 5.56 Å². The van der Waals surface area contributed by atoms with Gasteiger partial charge in [0.05, 0.1) is 22.6 Å². The van der Waals surface area contributed by atoms with Gasteiger partial charge in [-0.3, -0.25) is 24.1 Å². The number of ether oxygens (including phenoxy) is 2. The average Bonchev–Trinajstić information content (AvgIpc) is 3.11. The van der Waals surface area contributed by atoms with Crippen LogP contribution < -0.4 is 10.1 Å². The third-order valence-corrected chi connectivity index (χ3v) is 7.01. The highest BCUT2D eigenvalue weighted by Crippen LogP contribution is 2.34. The number of nitrogens with one attached hydrogen (secondary N) is 1. The van der Waals surface area contributed by atoms with Crippen LogP contribution >= 0.6 is 39.3 Å². The number of nitrogens with zero attached hydrogens (tertiary/aromatic N) is 2. The van der Waals surface area contributed by atoms with Crippen LogP contribution in [0.15, 0.2) is 51.8 Å². The van der Waals surface area contributed by atoms with E-state index in [0.29, 0.717) is 52.8 Å². The number of rotatable bonds is 7. The number of hydrogen-bond acceptors (Lipinski definition) is 7. The molecule has 0 atom stereocenters. The summed E-state index contributed by atoms with van der Waals surface area (Å²) in [5, 5.41) is 2.54. The van der Waals surface area contributed by atoms with Crippen molar-refractivity contribution in [2.45, 2.75) is 0 Å². The Morgan fingerprint density at radius 2 is 1.94 bits per heavy atom. The second kappa shape index (κ2) is 11.9. The number of amides is 4. The summed E-state index contributed by atoms with van der Waals surface area (Å²) in [5.74, 6) is -0.725. The molecule has 2 heterocycles. The summed E-state index contributed by atoms with van der Waals surface area (Å²) in [6, 6.07) is 11.7. The minimum Gasteiger partial charge on any atom is -0.483 e. The molecule has 0 aliphatic carbocycles. The van der Waals surface area contributed by atoms with E-state index >= 15 is 0 Å². The first-order valence-corrected chi connectivity index (χ1v) is 12.9. The van der Waals surface area contributed by atoms with Gasteiger partial charge in [-0.15, -0.1) is 0 Å². The molecule has 12 heteroatoms. The molecule has 0 spiro atoms. The lowest BCUT2D eigenvalue weighted by Gasteiger charge is -2.26. The van der Waals surface area contributed by atoms with E-state index in [4.69, 9.17) is 21.1 Å². The lowest BCUT2D eigenvalue weighted by molar-refractivity contribution is -0.137. The second-order valence-corrected chi connectivity index (χ2v) is 10.1. The molecular weight excluding hydrogens is 574 g/mol. The van der Waals surface area contributed by atoms with Gasteiger partial charge in [-0.25, -0.2) is 0 Å². The molecule has 0 unspecified atom stereocenters. The van der Waals surface area contributed by atoms with Crippen LogP contribution in [-0.2, 0) is 19.1 Å². The zero-order chi connectivity index (χ0) is 25.7. The van der Waals surface area contributed by atoms with E-state index in [0.717, 1.165) is 16.7 Å². The third-order valence-electron chi connectivity index (χ3n) is 5.25. The first kappa shape index (κ1) is 26.2. The van der Waals surface area contributed by atoms with Gasteiger partial charge in [0.2, 0.25) is 5.91 Å². The summed E-state index contributed by atoms with van der Waals surface area (Å²) in [7, 11) is 0. The summed E-state index contributed by atoms with van der Waals surface area (Å²) in [6.07, 6.45) is 1.56. The number of anilines is 1. The number of imide groups is 1. The van der Waals surface area contributed by atoms with Crippen molar-refractivity contribution in [3.8, 4) is 5.75 Å². The van der Waals surface area contributed by atoms with E-state index in [1.807, 2.05) is 0 Å². The minimum absolute atomic E-state index is 0.103. The monoisotopic (exact) mass is 593 g/mol. The zero-order valence-electron chi connectivity index (χ0n) is 18.9. The maximum Gasteiger partial charge on any atom is 0.294 e. The Bertz CT molecular complexity index is 1230. The highest BCUT2D eigenvalue weighted by Gasteiger charge is 2.36. The second-order valence-electron chi connectivity index (χ2n) is 7.80. The number of carbonyl (C=O) groups excluding carboxylic acids is 4. The molecule has 0 bridgehead atoms. The first-order chi connectivity index (χ1) is 17.3. The Balaban J connectivity index is 1.36. The molecule has 0 radical (unpaired) electrons. The van der Waals surface area contributed by atoms with Crippen molar-refractivity contribution >= 4 is 74.0 Å². The van der Waals surface area contributed by atoms with Crippen molar-refractivity contribution < 1.29 is 28.7 Å². The molecule has 2 aromatic rings. The Kier molecular flexibility index (Phi) is 8.68. The molecule has 4 rings (SSSR count). The SMILES string of the molecule is O=C(CN1C(=O)S/C(=C\c2ccc(OCC(=O)N3CCOCC3)c(Br)c2)C1=O)Nc1cccc(Cl)c1. The molecule has 2 aliphatic rings. The molecule has 0 aromatic heterocycles. The average molecular weight is 595 g/mol. The number of morpholine rings is 1. The lowest BCUT2D eigenvalue weighted by atomic mass is 10.2. The van der Waals surface area contributed by atoms with E-state index in [1.165, 1.54) is 0 Å². The standard InChI is InChI=1S/C24H21BrClN3O6S/c25-18-10-15(4-5-19(18)35-14-22(31)28-6-8-34-9-7-28)11-20-23(32)29(24(33)36-20)13-21(30)27-17-3-1-2-16(26)12-17/h1-5,10-12H,6-9,13-14H2,(H,27,30)/b20-11-. The molecule has 36 heavy (non-hydrogen) atoms. The van der Waals surface area contributed by atoms with Gasteiger partial charge in [0.15, 0.2) is 6.61 Å². The quantitative estimate of drug-likeness (QED) is 0.483. The van der Waals surface area contributed by atoms with Gasteiger partial charge >= 0.3 is 0 Å². The molecule has 2 saturated heterocycles. The Hall–Kier alpha value is -2.86. The summed E-state index contributed by atoms with van der Waals surface area (Å²) in [4.78, 5) is 52.6. The van der Waals surface area contributed by atoms with Crippen molar-refractivity contribution in [3.05, 3.63) is 62.4 Å². The minimum atomic E-state index is -0.557. The van der Waals surface area contributed by atoms with Crippen molar-refractivity contribution in [3.63, 3.8) is 0 Å². The highest BCUT2D eigenvalue weighted by molar-refractivity contribution is 9.10. The van der Waals surface area contributed by atoms with Crippen molar-refractivity contribution in [1.82, 2.24) is 9.80 Å². The largest absolute Gasteiger partial charge is 0.483 e. The third kappa shape index (κ3) is 6.67. The van der Waals surface area contributed by atoms with E-state index in [9.17, 15) is 19.2 Å². The Labute approximate surface area is 224 Å². The van der Waals surface area contributed by atoms with Crippen LogP contribution in [0, 0.1) is 0 Å². The predicted octanol–water partition coefficient (Wildman–Crippen LogP) is 4.02. The molecule has 2 aromatic carbocycles. The summed E-state index contributed by atoms with van der Waals surface area (Å²) in [5.41, 5.74) is 1.11. The van der Waals surface area contributed by atoms with Crippen molar-refractivity contribution in [1.29, 1.82) is 0 Å². The van der Waals surface area contributed by atoms with Crippen molar-refractivity contribution in [2.24, 2.45) is 0 Å². The Morgan fingerprint density at radius 3 is 2.67 bits per heavy atom. The van der Waals surface area contributed by atoms with E-state index in [-0.39, 0.29) is 17.4 Å². The molecule has 1 N–H and O–H groups in total. The number of thioether (sulfide) groups is 1. The fourth-order valence-electron chi connectivity index (χ4n) is 3.47. The number of carbonyl (C=O) groups is 4. The zero-order valence-corrected chi connectivity index (χ0v) is 22.0. The van der Waals surface area contributed by atoms with Crippen LogP contribution in [0.25, 0.3) is 6.08 Å². The smallest absolute Gasteiger partial charge is 0.294 e. The molecule has 2 fully saturated rings. The molecule has 9 nitrogen and oxygen atoms in total. The lowest BCUT2D eigenvalue weighted by Crippen LogP contribution is -2.43. The fourth-order valence-corrected chi connectivity index (χ4v) is 5.01. The molecule has 2 aliphatic heterocycles. The van der Waals surface area contributed by atoms with Crippen LogP contribution in [0.2, 0.25) is 5.02 Å². The van der Waals surface area contributed by atoms with Gasteiger partial charge in [0.1, 0.15) is 12.3 Å². The van der Waals surface area contributed by atoms with Gasteiger partial charge in [-0.2, -0.15) is 0 Å². The predicted molar refractivity (Wildman–Crippen MR) is 140 cm³/mol. The summed E-state index contributed by atoms with van der Waals surface area (Å²) in [6.45, 7) is 1.60. The van der Waals surface area contributed by atoms with Gasteiger partial charge < -0.3 is 19.7 Å². The van der Waals surface area contributed by atoms with Crippen molar-refractivity contribution in [2.75, 3.05) is 44.8 Å². The van der Waals surface area contributed by atoms with E-state index in [2.05, 4.69) is 21.2 Å². The first-order valence-electron chi connectivity index (χ1n) is 10.9. The summed E-state index contributed by atoms with van der Waals surface area (Å²) >= 11 is 10.1. The van der Waals surface area contributed by atoms with Crippen LogP contribution in [0.3, 0.4) is 0 Å². The van der Waals surface area contributed by atoms with E-state index in [1.54, 1.807) is 53.4 Å². The fraction of sp³-hybridized carbons (Fsp3) is 0.250. The van der Waals surface area contributed by atoms with Crippen LogP contribution in [0.5, 0.6) is 5.75 Å². The topological polar surface area (TPSA) is 105 Å². The van der Waals surface area contributed by atoms with Gasteiger partial charge in [-0.1, -0.05) is 23.7 Å². The number of hydrogen-bond donors (Lipinski definition) is 1. The summed E-state index contributed by atoms with van der Waals surface area (Å²) < 4.78 is 11.5. The number of benzene rings is 2. The molecule has 0 saturated carbocycles. The molecular formula is C24H21BrClN3O6S. The van der Waals surface area contributed by atoms with Crippen LogP contribution in [-0.4, -0.2) is 72.2 Å². The molecule has 188 valence electrons. The Morgan fingerprint density at radius 1 is 1.17 bits per heavy atom. The van der Waals surface area contributed by atoms with Crippen LogP contribution in [0.4, 0.5) is 10.5 Å².